The largest absolute Gasteiger partial charge is 0.384 e. The summed E-state index contributed by atoms with van der Waals surface area (Å²) in [5.74, 6) is 6.03. The van der Waals surface area contributed by atoms with Crippen LogP contribution in [0.4, 0.5) is 0 Å². The van der Waals surface area contributed by atoms with E-state index in [0.29, 0.717) is 18.9 Å². The Kier molecular flexibility index (Phi) is 6.44. The van der Waals surface area contributed by atoms with E-state index < -0.39 is 0 Å². The molecule has 21 heavy (non-hydrogen) atoms. The summed E-state index contributed by atoms with van der Waals surface area (Å²) in [6, 6.07) is 1.98. The molecule has 1 rings (SSSR count). The lowest BCUT2D eigenvalue weighted by Gasteiger charge is -2.28. The standard InChI is InChI=1S/C17H25NO2S/c1-13(17(2,3)4)9-16(20)18(5)11-15-10-14(12-21-15)7-6-8-19/h10,12-13,19H,8-9,11H2,1-5H3. The first-order chi connectivity index (χ1) is 9.74. The van der Waals surface area contributed by atoms with Crippen molar-refractivity contribution in [3.8, 4) is 11.8 Å². The van der Waals surface area contributed by atoms with E-state index in [9.17, 15) is 4.79 Å². The van der Waals surface area contributed by atoms with Gasteiger partial charge in [0, 0.05) is 29.3 Å². The summed E-state index contributed by atoms with van der Waals surface area (Å²) in [6.45, 7) is 9.10. The van der Waals surface area contributed by atoms with Crippen LogP contribution >= 0.6 is 11.3 Å². The van der Waals surface area contributed by atoms with Crippen molar-refractivity contribution in [1.29, 1.82) is 0 Å². The third kappa shape index (κ3) is 5.91. The minimum Gasteiger partial charge on any atom is -0.384 e. The molecule has 0 aliphatic heterocycles. The van der Waals surface area contributed by atoms with Crippen molar-refractivity contribution < 1.29 is 9.90 Å². The van der Waals surface area contributed by atoms with E-state index in [1.54, 1.807) is 16.2 Å². The minimum atomic E-state index is -0.131. The Morgan fingerprint density at radius 3 is 2.71 bits per heavy atom. The molecule has 116 valence electrons. The highest BCUT2D eigenvalue weighted by Crippen LogP contribution is 2.28. The molecule has 3 nitrogen and oxygen atoms in total. The Hall–Kier alpha value is -1.31. The number of aliphatic hydroxyl groups excluding tert-OH is 1. The first-order valence-electron chi connectivity index (χ1n) is 7.15. The van der Waals surface area contributed by atoms with Gasteiger partial charge in [0.15, 0.2) is 0 Å². The highest BCUT2D eigenvalue weighted by Gasteiger charge is 2.24. The van der Waals surface area contributed by atoms with E-state index in [1.165, 1.54) is 0 Å². The molecule has 4 heteroatoms. The van der Waals surface area contributed by atoms with Gasteiger partial charge in [0.1, 0.15) is 6.61 Å². The van der Waals surface area contributed by atoms with E-state index in [0.717, 1.165) is 10.4 Å². The maximum atomic E-state index is 12.3. The third-order valence-electron chi connectivity index (χ3n) is 3.74. The van der Waals surface area contributed by atoms with Crippen LogP contribution in [0.2, 0.25) is 0 Å². The van der Waals surface area contributed by atoms with Crippen LogP contribution in [0.15, 0.2) is 11.4 Å². The van der Waals surface area contributed by atoms with E-state index >= 15 is 0 Å². The van der Waals surface area contributed by atoms with E-state index in [4.69, 9.17) is 5.11 Å². The molecule has 0 radical (unpaired) electrons. The molecular formula is C17H25NO2S. The maximum Gasteiger partial charge on any atom is 0.222 e. The van der Waals surface area contributed by atoms with Gasteiger partial charge in [-0.25, -0.2) is 0 Å². The molecular weight excluding hydrogens is 282 g/mol. The number of aliphatic hydroxyl groups is 1. The molecule has 1 aromatic heterocycles. The Balaban J connectivity index is 2.58. The average Bonchev–Trinajstić information content (AvgIpc) is 2.82. The van der Waals surface area contributed by atoms with Gasteiger partial charge >= 0.3 is 0 Å². The summed E-state index contributed by atoms with van der Waals surface area (Å²) in [5, 5.41) is 10.6. The van der Waals surface area contributed by atoms with E-state index in [-0.39, 0.29) is 17.9 Å². The molecule has 0 aliphatic carbocycles. The Bertz CT molecular complexity index is 531. The maximum absolute atomic E-state index is 12.3. The van der Waals surface area contributed by atoms with Gasteiger partial charge in [-0.1, -0.05) is 39.5 Å². The van der Waals surface area contributed by atoms with Gasteiger partial charge in [0.25, 0.3) is 0 Å². The summed E-state index contributed by atoms with van der Waals surface area (Å²) in [5.41, 5.74) is 1.04. The van der Waals surface area contributed by atoms with Gasteiger partial charge in [-0.15, -0.1) is 11.3 Å². The molecule has 0 aliphatic rings. The number of hydrogen-bond acceptors (Lipinski definition) is 3. The second-order valence-electron chi connectivity index (χ2n) is 6.48. The molecule has 1 atom stereocenters. The first-order valence-corrected chi connectivity index (χ1v) is 8.03. The predicted octanol–water partition coefficient (Wildman–Crippen LogP) is 3.12. The number of rotatable bonds is 4. The second-order valence-corrected chi connectivity index (χ2v) is 7.48. The summed E-state index contributed by atoms with van der Waals surface area (Å²) in [6.07, 6.45) is 0.572. The van der Waals surface area contributed by atoms with E-state index in [1.807, 2.05) is 18.5 Å². The molecule has 0 saturated heterocycles. The van der Waals surface area contributed by atoms with Crippen LogP contribution in [0.25, 0.3) is 0 Å². The summed E-state index contributed by atoms with van der Waals surface area (Å²) < 4.78 is 0. The molecule has 0 saturated carbocycles. The van der Waals surface area contributed by atoms with Crippen molar-refractivity contribution in [1.82, 2.24) is 4.90 Å². The molecule has 1 aromatic rings. The zero-order valence-electron chi connectivity index (χ0n) is 13.6. The van der Waals surface area contributed by atoms with Crippen LogP contribution in [-0.2, 0) is 11.3 Å². The second kappa shape index (κ2) is 7.63. The molecule has 0 spiro atoms. The van der Waals surface area contributed by atoms with Crippen LogP contribution in [0.3, 0.4) is 0 Å². The topological polar surface area (TPSA) is 40.5 Å². The normalized spacial score (nSPS) is 12.5. The molecule has 1 amide bonds. The van der Waals surface area contributed by atoms with Crippen LogP contribution in [-0.4, -0.2) is 29.6 Å². The molecule has 1 N–H and O–H groups in total. The third-order valence-corrected chi connectivity index (χ3v) is 4.66. The minimum absolute atomic E-state index is 0.131. The number of thiophene rings is 1. The monoisotopic (exact) mass is 307 g/mol. The highest BCUT2D eigenvalue weighted by atomic mass is 32.1. The predicted molar refractivity (Wildman–Crippen MR) is 88.0 cm³/mol. The van der Waals surface area contributed by atoms with Crippen LogP contribution in [0, 0.1) is 23.2 Å². The molecule has 0 bridgehead atoms. The van der Waals surface area contributed by atoms with Gasteiger partial charge in [-0.05, 0) is 17.4 Å². The van der Waals surface area contributed by atoms with Gasteiger partial charge in [-0.3, -0.25) is 4.79 Å². The number of amides is 1. The molecule has 0 fully saturated rings. The van der Waals surface area contributed by atoms with Crippen LogP contribution < -0.4 is 0 Å². The SMILES string of the molecule is CC(CC(=O)N(C)Cc1cc(C#CCO)cs1)C(C)(C)C. The van der Waals surface area contributed by atoms with Gasteiger partial charge in [0.2, 0.25) is 5.91 Å². The van der Waals surface area contributed by atoms with Crippen molar-refractivity contribution in [3.63, 3.8) is 0 Å². The van der Waals surface area contributed by atoms with Crippen molar-refractivity contribution in [2.45, 2.75) is 40.7 Å². The van der Waals surface area contributed by atoms with Crippen molar-refractivity contribution in [2.24, 2.45) is 11.3 Å². The summed E-state index contributed by atoms with van der Waals surface area (Å²) >= 11 is 1.59. The van der Waals surface area contributed by atoms with Crippen LogP contribution in [0.1, 0.15) is 44.6 Å². The number of nitrogens with zero attached hydrogens (tertiary/aromatic N) is 1. The highest BCUT2D eigenvalue weighted by molar-refractivity contribution is 7.10. The van der Waals surface area contributed by atoms with Crippen LogP contribution in [0.5, 0.6) is 0 Å². The fourth-order valence-corrected chi connectivity index (χ4v) is 2.59. The lowest BCUT2D eigenvalue weighted by Crippen LogP contribution is -2.30. The molecule has 0 aromatic carbocycles. The Labute approximate surface area is 132 Å². The van der Waals surface area contributed by atoms with Crippen molar-refractivity contribution in [2.75, 3.05) is 13.7 Å². The van der Waals surface area contributed by atoms with Crippen molar-refractivity contribution >= 4 is 17.2 Å². The summed E-state index contributed by atoms with van der Waals surface area (Å²) in [4.78, 5) is 15.1. The average molecular weight is 307 g/mol. The number of carbonyl (C=O) groups excluding carboxylic acids is 1. The Morgan fingerprint density at radius 2 is 2.14 bits per heavy atom. The van der Waals surface area contributed by atoms with Crippen molar-refractivity contribution in [3.05, 3.63) is 21.9 Å². The smallest absolute Gasteiger partial charge is 0.222 e. The number of hydrogen-bond donors (Lipinski definition) is 1. The zero-order chi connectivity index (χ0) is 16.0. The lowest BCUT2D eigenvalue weighted by atomic mass is 9.80. The summed E-state index contributed by atoms with van der Waals surface area (Å²) in [7, 11) is 1.84. The van der Waals surface area contributed by atoms with E-state index in [2.05, 4.69) is 39.5 Å². The Morgan fingerprint density at radius 1 is 1.48 bits per heavy atom. The van der Waals surface area contributed by atoms with Gasteiger partial charge in [0.05, 0.1) is 6.54 Å². The van der Waals surface area contributed by atoms with Gasteiger partial charge < -0.3 is 10.0 Å². The quantitative estimate of drug-likeness (QED) is 0.868. The van der Waals surface area contributed by atoms with Gasteiger partial charge in [-0.2, -0.15) is 0 Å². The fourth-order valence-electron chi connectivity index (χ4n) is 1.72. The number of carbonyl (C=O) groups is 1. The first kappa shape index (κ1) is 17.7. The molecule has 1 unspecified atom stereocenters. The molecule has 1 heterocycles. The zero-order valence-corrected chi connectivity index (χ0v) is 14.4. The lowest BCUT2D eigenvalue weighted by molar-refractivity contribution is -0.132. The fraction of sp³-hybridized carbons (Fsp3) is 0.588.